The molecule has 4 heteroatoms. The molecule has 0 radical (unpaired) electrons. The third kappa shape index (κ3) is 2.77. The van der Waals surface area contributed by atoms with Crippen LogP contribution in [0.25, 0.3) is 0 Å². The van der Waals surface area contributed by atoms with Gasteiger partial charge in [-0.2, -0.15) is 0 Å². The molecule has 2 rings (SSSR count). The van der Waals surface area contributed by atoms with E-state index in [1.54, 1.807) is 12.1 Å². The topological polar surface area (TPSA) is 15.3 Å². The number of halogens is 2. The Morgan fingerprint density at radius 1 is 1.19 bits per heavy atom. The number of hydrogen-bond donors (Lipinski definition) is 1. The fraction of sp³-hybridized carbons (Fsp3) is 0.500. The zero-order valence-corrected chi connectivity index (χ0v) is 9.18. The van der Waals surface area contributed by atoms with Gasteiger partial charge >= 0.3 is 0 Å². The van der Waals surface area contributed by atoms with Gasteiger partial charge in [-0.3, -0.25) is 0 Å². The first-order chi connectivity index (χ1) is 7.77. The minimum atomic E-state index is -0.752. The van der Waals surface area contributed by atoms with Crippen LogP contribution in [0, 0.1) is 11.6 Å². The van der Waals surface area contributed by atoms with E-state index in [0.717, 1.165) is 38.8 Å². The molecule has 1 saturated heterocycles. The summed E-state index contributed by atoms with van der Waals surface area (Å²) in [5, 5.41) is 3.26. The Labute approximate surface area is 94.3 Å². The van der Waals surface area contributed by atoms with Gasteiger partial charge in [-0.05, 0) is 18.1 Å². The molecule has 1 N–H and O–H groups in total. The Morgan fingerprint density at radius 3 is 2.69 bits per heavy atom. The van der Waals surface area contributed by atoms with Crippen LogP contribution in [0.15, 0.2) is 18.2 Å². The van der Waals surface area contributed by atoms with Gasteiger partial charge in [0.1, 0.15) is 0 Å². The fourth-order valence-electron chi connectivity index (χ4n) is 1.95. The van der Waals surface area contributed by atoms with Gasteiger partial charge in [0.25, 0.3) is 0 Å². The molecule has 1 aliphatic heterocycles. The van der Waals surface area contributed by atoms with E-state index in [1.807, 2.05) is 0 Å². The van der Waals surface area contributed by atoms with E-state index in [1.165, 1.54) is 0 Å². The molecule has 1 aromatic rings. The van der Waals surface area contributed by atoms with Crippen LogP contribution >= 0.6 is 0 Å². The van der Waals surface area contributed by atoms with Crippen molar-refractivity contribution in [2.45, 2.75) is 6.42 Å². The van der Waals surface area contributed by atoms with E-state index >= 15 is 0 Å². The summed E-state index contributed by atoms with van der Waals surface area (Å²) in [6.07, 6.45) is 0.573. The van der Waals surface area contributed by atoms with Crippen molar-refractivity contribution in [1.82, 2.24) is 10.2 Å². The SMILES string of the molecule is Fc1cccc(CCN2CCNCC2)c1F. The first-order valence-electron chi connectivity index (χ1n) is 5.63. The van der Waals surface area contributed by atoms with E-state index in [2.05, 4.69) is 10.2 Å². The smallest absolute Gasteiger partial charge is 0.162 e. The normalized spacial score (nSPS) is 17.6. The summed E-state index contributed by atoms with van der Waals surface area (Å²) in [5.41, 5.74) is 0.471. The van der Waals surface area contributed by atoms with Crippen LogP contribution in [0.4, 0.5) is 8.78 Å². The maximum atomic E-state index is 13.3. The predicted octanol–water partition coefficient (Wildman–Crippen LogP) is 1.41. The van der Waals surface area contributed by atoms with E-state index in [-0.39, 0.29) is 0 Å². The minimum Gasteiger partial charge on any atom is -0.314 e. The van der Waals surface area contributed by atoms with Gasteiger partial charge in [-0.1, -0.05) is 12.1 Å². The summed E-state index contributed by atoms with van der Waals surface area (Å²) < 4.78 is 26.3. The molecular formula is C12H16F2N2. The molecule has 0 atom stereocenters. The molecule has 0 aromatic heterocycles. The molecule has 0 spiro atoms. The maximum Gasteiger partial charge on any atom is 0.162 e. The molecule has 1 aromatic carbocycles. The van der Waals surface area contributed by atoms with Gasteiger partial charge in [0.2, 0.25) is 0 Å². The quantitative estimate of drug-likeness (QED) is 0.838. The third-order valence-electron chi connectivity index (χ3n) is 2.94. The third-order valence-corrected chi connectivity index (χ3v) is 2.94. The van der Waals surface area contributed by atoms with Gasteiger partial charge < -0.3 is 10.2 Å². The van der Waals surface area contributed by atoms with Gasteiger partial charge in [0.05, 0.1) is 0 Å². The molecule has 16 heavy (non-hydrogen) atoms. The monoisotopic (exact) mass is 226 g/mol. The summed E-state index contributed by atoms with van der Waals surface area (Å²) in [5.74, 6) is -1.45. The van der Waals surface area contributed by atoms with Crippen molar-refractivity contribution >= 4 is 0 Å². The second-order valence-corrected chi connectivity index (χ2v) is 4.05. The van der Waals surface area contributed by atoms with E-state index in [9.17, 15) is 8.78 Å². The number of benzene rings is 1. The van der Waals surface area contributed by atoms with Crippen molar-refractivity contribution in [3.8, 4) is 0 Å². The highest BCUT2D eigenvalue weighted by Crippen LogP contribution is 2.12. The lowest BCUT2D eigenvalue weighted by molar-refractivity contribution is 0.243. The van der Waals surface area contributed by atoms with Crippen LogP contribution in [0.5, 0.6) is 0 Å². The Morgan fingerprint density at radius 2 is 1.94 bits per heavy atom. The molecule has 1 aliphatic rings. The largest absolute Gasteiger partial charge is 0.314 e. The second-order valence-electron chi connectivity index (χ2n) is 4.05. The number of hydrogen-bond acceptors (Lipinski definition) is 2. The zero-order chi connectivity index (χ0) is 11.4. The average molecular weight is 226 g/mol. The van der Waals surface area contributed by atoms with Gasteiger partial charge in [-0.25, -0.2) is 8.78 Å². The second kappa shape index (κ2) is 5.37. The lowest BCUT2D eigenvalue weighted by Gasteiger charge is -2.27. The fourth-order valence-corrected chi connectivity index (χ4v) is 1.95. The van der Waals surface area contributed by atoms with Crippen LogP contribution < -0.4 is 5.32 Å². The molecule has 0 unspecified atom stereocenters. The van der Waals surface area contributed by atoms with Gasteiger partial charge in [-0.15, -0.1) is 0 Å². The summed E-state index contributed by atoms with van der Waals surface area (Å²) in [6, 6.07) is 4.37. The van der Waals surface area contributed by atoms with Crippen LogP contribution in [-0.4, -0.2) is 37.6 Å². The number of piperazine rings is 1. The van der Waals surface area contributed by atoms with Crippen LogP contribution in [0.3, 0.4) is 0 Å². The van der Waals surface area contributed by atoms with Crippen molar-refractivity contribution in [2.24, 2.45) is 0 Å². The highest BCUT2D eigenvalue weighted by Gasteiger charge is 2.12. The predicted molar refractivity (Wildman–Crippen MR) is 59.4 cm³/mol. The molecule has 0 amide bonds. The standard InChI is InChI=1S/C12H16F2N2/c13-11-3-1-2-10(12(11)14)4-7-16-8-5-15-6-9-16/h1-3,15H,4-9H2. The minimum absolute atomic E-state index is 0.471. The first-order valence-corrected chi connectivity index (χ1v) is 5.63. The highest BCUT2D eigenvalue weighted by atomic mass is 19.2. The molecular weight excluding hydrogens is 210 g/mol. The summed E-state index contributed by atoms with van der Waals surface area (Å²) >= 11 is 0. The summed E-state index contributed by atoms with van der Waals surface area (Å²) in [4.78, 5) is 2.26. The molecule has 0 saturated carbocycles. The molecule has 0 bridgehead atoms. The Hall–Kier alpha value is -1.00. The lowest BCUT2D eigenvalue weighted by atomic mass is 10.1. The maximum absolute atomic E-state index is 13.3. The summed E-state index contributed by atoms with van der Waals surface area (Å²) in [6.45, 7) is 4.72. The molecule has 1 heterocycles. The van der Waals surface area contributed by atoms with Crippen molar-refractivity contribution in [3.63, 3.8) is 0 Å². The Bertz CT molecular complexity index is 349. The molecule has 88 valence electrons. The number of rotatable bonds is 3. The van der Waals surface area contributed by atoms with Crippen LogP contribution in [0.1, 0.15) is 5.56 Å². The number of nitrogens with one attached hydrogen (secondary N) is 1. The van der Waals surface area contributed by atoms with Crippen molar-refractivity contribution in [1.29, 1.82) is 0 Å². The van der Waals surface area contributed by atoms with Crippen molar-refractivity contribution < 1.29 is 8.78 Å². The van der Waals surface area contributed by atoms with Crippen LogP contribution in [-0.2, 0) is 6.42 Å². The Kier molecular flexibility index (Phi) is 3.85. The van der Waals surface area contributed by atoms with E-state index < -0.39 is 11.6 Å². The highest BCUT2D eigenvalue weighted by molar-refractivity contribution is 5.19. The van der Waals surface area contributed by atoms with Crippen molar-refractivity contribution in [3.05, 3.63) is 35.4 Å². The number of nitrogens with zero attached hydrogens (tertiary/aromatic N) is 1. The van der Waals surface area contributed by atoms with E-state index in [0.29, 0.717) is 12.0 Å². The summed E-state index contributed by atoms with van der Waals surface area (Å²) in [7, 11) is 0. The van der Waals surface area contributed by atoms with Crippen molar-refractivity contribution in [2.75, 3.05) is 32.7 Å². The van der Waals surface area contributed by atoms with Crippen LogP contribution in [0.2, 0.25) is 0 Å². The zero-order valence-electron chi connectivity index (χ0n) is 9.18. The Balaban J connectivity index is 1.91. The lowest BCUT2D eigenvalue weighted by Crippen LogP contribution is -2.44. The molecule has 1 fully saturated rings. The average Bonchev–Trinajstić information content (AvgIpc) is 2.32. The van der Waals surface area contributed by atoms with E-state index in [4.69, 9.17) is 0 Å². The molecule has 0 aliphatic carbocycles. The van der Waals surface area contributed by atoms with Gasteiger partial charge in [0, 0.05) is 32.7 Å². The first kappa shape index (κ1) is 11.5. The molecule has 2 nitrogen and oxygen atoms in total. The van der Waals surface area contributed by atoms with Gasteiger partial charge in [0.15, 0.2) is 11.6 Å².